The Labute approximate surface area is 230 Å². The number of hydrogen-bond donors (Lipinski definition) is 0. The quantitative estimate of drug-likeness (QED) is 0.248. The van der Waals surface area contributed by atoms with Gasteiger partial charge in [0, 0.05) is 30.8 Å². The van der Waals surface area contributed by atoms with Crippen molar-refractivity contribution < 1.29 is 14.4 Å². The Morgan fingerprint density at radius 3 is 2.17 bits per heavy atom. The van der Waals surface area contributed by atoms with Crippen LogP contribution in [0.2, 0.25) is 15.1 Å². The van der Waals surface area contributed by atoms with Crippen molar-refractivity contribution in [3.05, 3.63) is 97.4 Å². The van der Waals surface area contributed by atoms with Crippen LogP contribution < -0.4 is 9.80 Å². The molecule has 9 heteroatoms. The molecule has 2 fully saturated rings. The number of nitrogens with zero attached hydrogens (tertiary/aromatic N) is 2. The molecule has 3 aliphatic heterocycles. The van der Waals surface area contributed by atoms with E-state index in [2.05, 4.69) is 15.9 Å². The summed E-state index contributed by atoms with van der Waals surface area (Å²) >= 11 is 22.1. The summed E-state index contributed by atoms with van der Waals surface area (Å²) in [6.45, 7) is 0. The van der Waals surface area contributed by atoms with Gasteiger partial charge in [-0.1, -0.05) is 81.1 Å². The Bertz CT molecular complexity index is 1470. The van der Waals surface area contributed by atoms with Crippen molar-refractivity contribution in [3.8, 4) is 0 Å². The van der Waals surface area contributed by atoms with Crippen LogP contribution in [0.3, 0.4) is 0 Å². The summed E-state index contributed by atoms with van der Waals surface area (Å²) in [5, 5.41) is 1.11. The number of carbonyl (C=O) groups excluding carboxylic acids is 3. The number of carbonyl (C=O) groups is 3. The molecule has 180 valence electrons. The summed E-state index contributed by atoms with van der Waals surface area (Å²) in [7, 11) is 0. The number of Topliss-reactive ketones (excluding diaryl/α,β-unsaturated/α-hetero) is 1. The Balaban J connectivity index is 1.51. The first kappa shape index (κ1) is 23.7. The van der Waals surface area contributed by atoms with E-state index in [4.69, 9.17) is 34.8 Å². The molecule has 0 aliphatic carbocycles. The molecule has 2 saturated heterocycles. The van der Waals surface area contributed by atoms with E-state index < -0.39 is 29.8 Å². The topological polar surface area (TPSA) is 57.7 Å². The predicted molar refractivity (Wildman–Crippen MR) is 145 cm³/mol. The molecule has 0 unspecified atom stereocenters. The highest BCUT2D eigenvalue weighted by Crippen LogP contribution is 2.50. The molecule has 0 saturated carbocycles. The first-order valence-corrected chi connectivity index (χ1v) is 13.1. The molecule has 5 nitrogen and oxygen atoms in total. The Morgan fingerprint density at radius 1 is 0.806 bits per heavy atom. The summed E-state index contributed by atoms with van der Waals surface area (Å²) < 4.78 is 0.829. The molecule has 36 heavy (non-hydrogen) atoms. The summed E-state index contributed by atoms with van der Waals surface area (Å²) in [4.78, 5) is 44.8. The van der Waals surface area contributed by atoms with Gasteiger partial charge in [0.15, 0.2) is 5.78 Å². The Hall–Kier alpha value is -2.64. The lowest BCUT2D eigenvalue weighted by atomic mass is 9.86. The summed E-state index contributed by atoms with van der Waals surface area (Å²) in [5.74, 6) is -2.74. The molecule has 3 aromatic rings. The van der Waals surface area contributed by atoms with E-state index >= 15 is 0 Å². The minimum Gasteiger partial charge on any atom is -0.352 e. The van der Waals surface area contributed by atoms with Crippen molar-refractivity contribution >= 4 is 85.8 Å². The molecule has 3 heterocycles. The lowest BCUT2D eigenvalue weighted by Crippen LogP contribution is -2.48. The van der Waals surface area contributed by atoms with Crippen molar-refractivity contribution in [2.75, 3.05) is 9.80 Å². The third-order valence-electron chi connectivity index (χ3n) is 6.97. The van der Waals surface area contributed by atoms with Crippen LogP contribution >= 0.6 is 50.7 Å². The van der Waals surface area contributed by atoms with Crippen LogP contribution in [0.5, 0.6) is 0 Å². The zero-order valence-corrected chi connectivity index (χ0v) is 22.2. The molecular formula is C27H16BrCl3N2O3. The van der Waals surface area contributed by atoms with Gasteiger partial charge in [0.1, 0.15) is 6.04 Å². The van der Waals surface area contributed by atoms with Gasteiger partial charge in [0.25, 0.3) is 0 Å². The third kappa shape index (κ3) is 3.62. The van der Waals surface area contributed by atoms with Crippen molar-refractivity contribution in [1.82, 2.24) is 0 Å². The van der Waals surface area contributed by atoms with Crippen LogP contribution in [0.4, 0.5) is 11.4 Å². The standard InChI is InChI=1S/C27H16BrCl3N2O3/c28-15-5-1-14(2-6-15)25(34)24-23-22(20-8-4-13-3-7-16(29)12-21(13)33(20)24)26(35)32(27(23)36)19-10-17(30)9-18(31)11-19/h1-12,20,22-24H/t20-,22-,23+,24-/m0/s1. The molecule has 3 aliphatic rings. The van der Waals surface area contributed by atoms with Crippen LogP contribution in [0, 0.1) is 11.8 Å². The fourth-order valence-electron chi connectivity index (χ4n) is 5.54. The second-order valence-electron chi connectivity index (χ2n) is 8.97. The van der Waals surface area contributed by atoms with E-state index in [0.29, 0.717) is 26.3 Å². The van der Waals surface area contributed by atoms with Crippen LogP contribution in [-0.2, 0) is 9.59 Å². The number of benzene rings is 3. The third-order valence-corrected chi connectivity index (χ3v) is 8.17. The van der Waals surface area contributed by atoms with Crippen LogP contribution in [0.25, 0.3) is 6.08 Å². The molecular weight excluding hydrogens is 587 g/mol. The van der Waals surface area contributed by atoms with Gasteiger partial charge in [-0.3, -0.25) is 14.4 Å². The molecule has 4 atom stereocenters. The van der Waals surface area contributed by atoms with Crippen LogP contribution in [-0.4, -0.2) is 29.7 Å². The SMILES string of the molecule is O=C(c1ccc(Br)cc1)[C@@H]1[C@@H]2C(=O)N(c3cc(Cl)cc(Cl)c3)C(=O)[C@H]2[C@@H]2C=Cc3ccc(Cl)cc3N12. The Kier molecular flexibility index (Phi) is 5.76. The van der Waals surface area contributed by atoms with E-state index in [-0.39, 0.29) is 11.7 Å². The lowest BCUT2D eigenvalue weighted by molar-refractivity contribution is -0.122. The first-order valence-electron chi connectivity index (χ1n) is 11.1. The van der Waals surface area contributed by atoms with E-state index in [1.165, 1.54) is 18.2 Å². The van der Waals surface area contributed by atoms with Crippen molar-refractivity contribution in [1.29, 1.82) is 0 Å². The molecule has 0 radical (unpaired) electrons. The summed E-state index contributed by atoms with van der Waals surface area (Å²) in [6.07, 6.45) is 3.80. The summed E-state index contributed by atoms with van der Waals surface area (Å²) in [5.41, 5.74) is 2.33. The lowest BCUT2D eigenvalue weighted by Gasteiger charge is -2.36. The predicted octanol–water partition coefficient (Wildman–Crippen LogP) is 6.68. The average molecular weight is 603 g/mol. The van der Waals surface area contributed by atoms with Gasteiger partial charge in [-0.25, -0.2) is 4.90 Å². The van der Waals surface area contributed by atoms with Crippen molar-refractivity contribution in [3.63, 3.8) is 0 Å². The second-order valence-corrected chi connectivity index (χ2v) is 11.2. The molecule has 2 amide bonds. The van der Waals surface area contributed by atoms with Gasteiger partial charge in [-0.2, -0.15) is 0 Å². The van der Waals surface area contributed by atoms with E-state index in [9.17, 15) is 14.4 Å². The van der Waals surface area contributed by atoms with Gasteiger partial charge in [0.2, 0.25) is 11.8 Å². The number of amides is 2. The largest absolute Gasteiger partial charge is 0.352 e. The highest BCUT2D eigenvalue weighted by molar-refractivity contribution is 9.10. The van der Waals surface area contributed by atoms with Crippen LogP contribution in [0.1, 0.15) is 15.9 Å². The van der Waals surface area contributed by atoms with Gasteiger partial charge < -0.3 is 4.90 Å². The average Bonchev–Trinajstić information content (AvgIpc) is 3.31. The fourth-order valence-corrected chi connectivity index (χ4v) is 6.48. The maximum Gasteiger partial charge on any atom is 0.240 e. The molecule has 3 aromatic carbocycles. The minimum absolute atomic E-state index is 0.242. The van der Waals surface area contributed by atoms with Gasteiger partial charge in [0.05, 0.1) is 23.6 Å². The molecule has 0 spiro atoms. The van der Waals surface area contributed by atoms with E-state index in [1.54, 1.807) is 36.4 Å². The number of hydrogen-bond acceptors (Lipinski definition) is 4. The number of halogens is 4. The number of anilines is 2. The van der Waals surface area contributed by atoms with E-state index in [0.717, 1.165) is 20.6 Å². The monoisotopic (exact) mass is 600 g/mol. The molecule has 0 aromatic heterocycles. The number of imide groups is 1. The smallest absolute Gasteiger partial charge is 0.240 e. The number of fused-ring (bicyclic) bond motifs is 5. The highest BCUT2D eigenvalue weighted by atomic mass is 79.9. The molecule has 6 rings (SSSR count). The summed E-state index contributed by atoms with van der Waals surface area (Å²) in [6, 6.07) is 15.6. The maximum absolute atomic E-state index is 14.0. The molecule has 0 bridgehead atoms. The highest BCUT2D eigenvalue weighted by Gasteiger charge is 2.64. The van der Waals surface area contributed by atoms with Gasteiger partial charge in [-0.05, 0) is 48.0 Å². The Morgan fingerprint density at radius 2 is 1.47 bits per heavy atom. The fraction of sp³-hybridized carbons (Fsp3) is 0.148. The second kappa shape index (κ2) is 8.73. The van der Waals surface area contributed by atoms with Gasteiger partial charge in [-0.15, -0.1) is 0 Å². The zero-order valence-electron chi connectivity index (χ0n) is 18.4. The number of ketones is 1. The normalized spacial score (nSPS) is 24.1. The minimum atomic E-state index is -0.903. The maximum atomic E-state index is 14.0. The molecule has 0 N–H and O–H groups in total. The van der Waals surface area contributed by atoms with E-state index in [1.807, 2.05) is 23.1 Å². The van der Waals surface area contributed by atoms with Crippen molar-refractivity contribution in [2.24, 2.45) is 11.8 Å². The van der Waals surface area contributed by atoms with Gasteiger partial charge >= 0.3 is 0 Å². The number of rotatable bonds is 3. The first-order chi connectivity index (χ1) is 17.2. The van der Waals surface area contributed by atoms with Crippen LogP contribution in [0.15, 0.2) is 71.2 Å². The van der Waals surface area contributed by atoms with Crippen molar-refractivity contribution in [2.45, 2.75) is 12.1 Å². The zero-order chi connectivity index (χ0) is 25.3.